The van der Waals surface area contributed by atoms with E-state index in [4.69, 9.17) is 0 Å². The van der Waals surface area contributed by atoms with Crippen LogP contribution in [-0.2, 0) is 16.3 Å². The number of benzene rings is 2. The molecule has 5 rings (SSSR count). The summed E-state index contributed by atoms with van der Waals surface area (Å²) >= 11 is 0. The molecule has 2 aliphatic heterocycles. The number of nitrogens with zero attached hydrogens (tertiary/aromatic N) is 3. The van der Waals surface area contributed by atoms with Gasteiger partial charge in [-0.2, -0.15) is 0 Å². The molecule has 1 aromatic heterocycles. The fourth-order valence-corrected chi connectivity index (χ4v) is 7.06. The van der Waals surface area contributed by atoms with Crippen LogP contribution in [0.1, 0.15) is 52.0 Å². The van der Waals surface area contributed by atoms with Crippen molar-refractivity contribution >= 4 is 27.7 Å². The lowest BCUT2D eigenvalue weighted by Crippen LogP contribution is -2.49. The second-order valence-electron chi connectivity index (χ2n) is 10.7. The number of amides is 1. The number of piperidine rings is 2. The summed E-state index contributed by atoms with van der Waals surface area (Å²) in [5.41, 5.74) is 3.08. The fourth-order valence-electron chi connectivity index (χ4n) is 5.88. The van der Waals surface area contributed by atoms with Crippen molar-refractivity contribution in [2.45, 2.75) is 48.1 Å². The average Bonchev–Trinajstić information content (AvgIpc) is 3.01. The van der Waals surface area contributed by atoms with Crippen molar-refractivity contribution in [1.82, 2.24) is 14.8 Å². The topological polar surface area (TPSA) is 99.7 Å². The SMILES string of the molecule is CNc1ccccc1C(=O)N1CCC(N2CCC(Cc3ccc(S(=O)(=O)c4ccc(C=O)cc4)nc3)CC2)CC1. The Labute approximate surface area is 236 Å². The molecule has 9 heteroatoms. The van der Waals surface area contributed by atoms with Crippen LogP contribution in [0.4, 0.5) is 5.69 Å². The van der Waals surface area contributed by atoms with Crippen LogP contribution < -0.4 is 5.32 Å². The van der Waals surface area contributed by atoms with Crippen LogP contribution >= 0.6 is 0 Å². The Bertz CT molecular complexity index is 1420. The van der Waals surface area contributed by atoms with E-state index in [2.05, 4.69) is 15.2 Å². The summed E-state index contributed by atoms with van der Waals surface area (Å²) in [4.78, 5) is 32.9. The van der Waals surface area contributed by atoms with Crippen molar-refractivity contribution < 1.29 is 18.0 Å². The van der Waals surface area contributed by atoms with Crippen LogP contribution in [-0.4, -0.2) is 74.7 Å². The molecule has 2 aliphatic rings. The molecular formula is C31H36N4O4S. The van der Waals surface area contributed by atoms with Gasteiger partial charge in [0.05, 0.1) is 10.5 Å². The van der Waals surface area contributed by atoms with Crippen LogP contribution in [0.3, 0.4) is 0 Å². The van der Waals surface area contributed by atoms with Crippen molar-refractivity contribution in [1.29, 1.82) is 0 Å². The molecule has 2 saturated heterocycles. The summed E-state index contributed by atoms with van der Waals surface area (Å²) in [6, 6.07) is 17.5. The largest absolute Gasteiger partial charge is 0.387 e. The van der Waals surface area contributed by atoms with Gasteiger partial charge in [-0.05, 0) is 87.0 Å². The van der Waals surface area contributed by atoms with Crippen LogP contribution in [0.25, 0.3) is 0 Å². The van der Waals surface area contributed by atoms with E-state index in [0.717, 1.165) is 75.1 Å². The molecule has 0 saturated carbocycles. The van der Waals surface area contributed by atoms with Gasteiger partial charge in [-0.15, -0.1) is 0 Å². The average molecular weight is 561 g/mol. The minimum atomic E-state index is -3.72. The van der Waals surface area contributed by atoms with Crippen molar-refractivity contribution in [2.75, 3.05) is 38.5 Å². The van der Waals surface area contributed by atoms with Gasteiger partial charge in [0.1, 0.15) is 6.29 Å². The third kappa shape index (κ3) is 6.10. The highest BCUT2D eigenvalue weighted by Gasteiger charge is 2.30. The summed E-state index contributed by atoms with van der Waals surface area (Å²) in [6.45, 7) is 3.65. The second kappa shape index (κ2) is 12.3. The third-order valence-electron chi connectivity index (χ3n) is 8.27. The molecule has 210 valence electrons. The molecule has 8 nitrogen and oxygen atoms in total. The highest BCUT2D eigenvalue weighted by molar-refractivity contribution is 7.91. The molecule has 2 fully saturated rings. The van der Waals surface area contributed by atoms with Gasteiger partial charge in [-0.3, -0.25) is 9.59 Å². The number of anilines is 1. The lowest BCUT2D eigenvalue weighted by molar-refractivity contribution is 0.0553. The summed E-state index contributed by atoms with van der Waals surface area (Å²) < 4.78 is 25.8. The highest BCUT2D eigenvalue weighted by atomic mass is 32.2. The summed E-state index contributed by atoms with van der Waals surface area (Å²) in [5.74, 6) is 0.640. The normalized spacial score (nSPS) is 17.5. The standard InChI is InChI=1S/C31H36N4O4S/c1-32-29-5-3-2-4-28(29)31(37)35-18-14-26(15-19-35)34-16-12-23(13-17-34)20-25-8-11-30(33-21-25)40(38,39)27-9-6-24(22-36)7-10-27/h2-11,21-23,26,32H,12-20H2,1H3. The lowest BCUT2D eigenvalue weighted by atomic mass is 9.89. The molecule has 0 radical (unpaired) electrons. The minimum absolute atomic E-state index is 0.0178. The van der Waals surface area contributed by atoms with Crippen molar-refractivity contribution in [3.05, 3.63) is 83.6 Å². The summed E-state index contributed by atoms with van der Waals surface area (Å²) in [5, 5.41) is 3.14. The fraction of sp³-hybridized carbons (Fsp3) is 0.387. The van der Waals surface area contributed by atoms with Crippen LogP contribution in [0.2, 0.25) is 0 Å². The molecule has 3 aromatic rings. The van der Waals surface area contributed by atoms with Gasteiger partial charge in [0.25, 0.3) is 5.91 Å². The number of pyridine rings is 1. The number of carbonyl (C=O) groups is 2. The van der Waals surface area contributed by atoms with Crippen LogP contribution in [0.15, 0.2) is 76.8 Å². The van der Waals surface area contributed by atoms with Gasteiger partial charge >= 0.3 is 0 Å². The monoisotopic (exact) mass is 560 g/mol. The van der Waals surface area contributed by atoms with E-state index in [1.54, 1.807) is 12.3 Å². The first-order valence-corrected chi connectivity index (χ1v) is 15.4. The summed E-state index contributed by atoms with van der Waals surface area (Å²) in [6.07, 6.45) is 7.43. The first kappa shape index (κ1) is 28.0. The number of aldehydes is 1. The zero-order chi connectivity index (χ0) is 28.1. The number of hydrogen-bond donors (Lipinski definition) is 1. The van der Waals surface area contributed by atoms with E-state index in [-0.39, 0.29) is 15.8 Å². The van der Waals surface area contributed by atoms with Gasteiger partial charge in [-0.1, -0.05) is 30.3 Å². The first-order valence-electron chi connectivity index (χ1n) is 13.9. The number of aromatic nitrogens is 1. The van der Waals surface area contributed by atoms with Gasteiger partial charge in [0.15, 0.2) is 5.03 Å². The first-order chi connectivity index (χ1) is 19.4. The predicted molar refractivity (Wildman–Crippen MR) is 154 cm³/mol. The zero-order valence-electron chi connectivity index (χ0n) is 22.8. The van der Waals surface area contributed by atoms with E-state index >= 15 is 0 Å². The number of rotatable bonds is 8. The Morgan fingerprint density at radius 1 is 0.950 bits per heavy atom. The van der Waals surface area contributed by atoms with Crippen molar-refractivity contribution in [3.63, 3.8) is 0 Å². The highest BCUT2D eigenvalue weighted by Crippen LogP contribution is 2.28. The maximum Gasteiger partial charge on any atom is 0.255 e. The number of carbonyl (C=O) groups excluding carboxylic acids is 2. The number of sulfone groups is 1. The Hall–Kier alpha value is -3.56. The maximum atomic E-state index is 13.1. The number of hydrogen-bond acceptors (Lipinski definition) is 7. The molecule has 0 atom stereocenters. The van der Waals surface area contributed by atoms with Gasteiger partial charge in [0, 0.05) is 43.6 Å². The zero-order valence-corrected chi connectivity index (χ0v) is 23.6. The molecule has 3 heterocycles. The minimum Gasteiger partial charge on any atom is -0.387 e. The Balaban J connectivity index is 1.10. The molecule has 40 heavy (non-hydrogen) atoms. The summed E-state index contributed by atoms with van der Waals surface area (Å²) in [7, 11) is -1.88. The third-order valence-corrected chi connectivity index (χ3v) is 9.95. The number of nitrogens with one attached hydrogen (secondary N) is 1. The molecular weight excluding hydrogens is 524 g/mol. The van der Waals surface area contributed by atoms with Gasteiger partial charge in [0.2, 0.25) is 9.84 Å². The lowest BCUT2D eigenvalue weighted by Gasteiger charge is -2.42. The van der Waals surface area contributed by atoms with Gasteiger partial charge in [-0.25, -0.2) is 13.4 Å². The number of para-hydroxylation sites is 1. The molecule has 0 aliphatic carbocycles. The molecule has 2 aromatic carbocycles. The van der Waals surface area contributed by atoms with Crippen LogP contribution in [0, 0.1) is 5.92 Å². The Morgan fingerprint density at radius 2 is 1.65 bits per heavy atom. The molecule has 0 spiro atoms. The molecule has 0 unspecified atom stereocenters. The van der Waals surface area contributed by atoms with Gasteiger partial charge < -0.3 is 15.1 Å². The Morgan fingerprint density at radius 3 is 2.27 bits per heavy atom. The van der Waals surface area contributed by atoms with E-state index in [1.165, 1.54) is 24.3 Å². The molecule has 1 amide bonds. The van der Waals surface area contributed by atoms with E-state index in [1.807, 2.05) is 42.3 Å². The number of likely N-dealkylation sites (tertiary alicyclic amines) is 2. The van der Waals surface area contributed by atoms with Crippen molar-refractivity contribution in [3.8, 4) is 0 Å². The van der Waals surface area contributed by atoms with Crippen molar-refractivity contribution in [2.24, 2.45) is 5.92 Å². The van der Waals surface area contributed by atoms with E-state index in [9.17, 15) is 18.0 Å². The molecule has 0 bridgehead atoms. The quantitative estimate of drug-likeness (QED) is 0.410. The van der Waals surface area contributed by atoms with E-state index in [0.29, 0.717) is 23.8 Å². The smallest absolute Gasteiger partial charge is 0.255 e. The second-order valence-corrected chi connectivity index (χ2v) is 12.6. The predicted octanol–water partition coefficient (Wildman–Crippen LogP) is 4.33. The molecule has 1 N–H and O–H groups in total. The maximum absolute atomic E-state index is 13.1. The Kier molecular flexibility index (Phi) is 8.61. The van der Waals surface area contributed by atoms with Crippen LogP contribution in [0.5, 0.6) is 0 Å². The van der Waals surface area contributed by atoms with E-state index < -0.39 is 9.84 Å².